The van der Waals surface area contributed by atoms with E-state index in [2.05, 4.69) is 158 Å². The molecule has 3 unspecified atom stereocenters. The molecule has 30 heteroatoms. The zero-order valence-electron chi connectivity index (χ0n) is 69.7. The SMILES string of the molecule is C=CC(=O)N1CCN(c2nc(OCCCN3CCOC(c4ccc(N5CCc6c(nc(OC[C@@H]7CC(c8cc(N9CCc%10c(nc(OC[C@@H]%11CCCN%11C)nc%10N%10CCN(C(=O)C=C)[C@@H](CC#N)C%10)C9)c9ccccc9c8)CN7CC)nc6N6CCN(C(=O)C=C)C(CC#N)C6)C5)c5ccccc45)C3)nc3c2CCN(c2cc(O)cc(Cl)c2F)C3)CC1. The number of hydrogen-bond acceptors (Lipinski definition) is 25. The van der Waals surface area contributed by atoms with E-state index in [0.717, 1.165) is 143 Å². The van der Waals surface area contributed by atoms with Gasteiger partial charge in [0.1, 0.15) is 36.4 Å². The molecule has 122 heavy (non-hydrogen) atoms. The van der Waals surface area contributed by atoms with Gasteiger partial charge < -0.3 is 73.1 Å². The molecule has 17 rings (SSSR count). The van der Waals surface area contributed by atoms with Crippen LogP contribution in [0.2, 0.25) is 5.02 Å². The molecule has 0 bridgehead atoms. The molecule has 12 heterocycles. The smallest absolute Gasteiger partial charge is 0.318 e. The number of nitrogens with zero attached hydrogens (tertiary/aromatic N) is 20. The van der Waals surface area contributed by atoms with Crippen molar-refractivity contribution in [2.75, 3.05) is 187 Å². The number of aromatic nitrogens is 6. The zero-order valence-corrected chi connectivity index (χ0v) is 70.4. The minimum Gasteiger partial charge on any atom is -0.508 e. The average Bonchev–Trinajstić information content (AvgIpc) is 1.49. The van der Waals surface area contributed by atoms with Crippen molar-refractivity contribution in [1.82, 2.24) is 59.3 Å². The number of carbonyl (C=O) groups excluding carboxylic acids is 3. The van der Waals surface area contributed by atoms with Crippen molar-refractivity contribution in [3.05, 3.63) is 179 Å². The van der Waals surface area contributed by atoms with Crippen LogP contribution < -0.4 is 43.6 Å². The number of aromatic hydroxyl groups is 1. The molecule has 28 nitrogen and oxygen atoms in total. The van der Waals surface area contributed by atoms with Crippen molar-refractivity contribution in [3.63, 3.8) is 0 Å². The van der Waals surface area contributed by atoms with Gasteiger partial charge in [0.25, 0.3) is 0 Å². The highest BCUT2D eigenvalue weighted by molar-refractivity contribution is 6.31. The van der Waals surface area contributed by atoms with E-state index in [1.165, 1.54) is 35.9 Å². The molecule has 9 aliphatic rings. The molecule has 9 aliphatic heterocycles. The van der Waals surface area contributed by atoms with Gasteiger partial charge in [-0.05, 0) is 123 Å². The summed E-state index contributed by atoms with van der Waals surface area (Å²) in [5.41, 5.74) is 10.3. The number of likely N-dealkylation sites (tertiary alicyclic amines) is 2. The number of hydrogen-bond donors (Lipinski definition) is 1. The lowest BCUT2D eigenvalue weighted by atomic mass is 9.92. The second-order valence-corrected chi connectivity index (χ2v) is 33.8. The van der Waals surface area contributed by atoms with E-state index >= 15 is 4.39 Å². The maximum atomic E-state index is 15.5. The van der Waals surface area contributed by atoms with Gasteiger partial charge in [-0.25, -0.2) is 4.39 Å². The van der Waals surface area contributed by atoms with Gasteiger partial charge in [-0.2, -0.15) is 40.4 Å². The maximum absolute atomic E-state index is 15.5. The van der Waals surface area contributed by atoms with E-state index in [9.17, 15) is 30.0 Å². The summed E-state index contributed by atoms with van der Waals surface area (Å²) in [6.45, 7) is 28.0. The van der Waals surface area contributed by atoms with Crippen LogP contribution in [0.1, 0.15) is 102 Å². The van der Waals surface area contributed by atoms with E-state index in [-0.39, 0.29) is 95.8 Å². The van der Waals surface area contributed by atoms with E-state index in [1.807, 2.05) is 4.90 Å². The Morgan fingerprint density at radius 2 is 1.14 bits per heavy atom. The van der Waals surface area contributed by atoms with E-state index < -0.39 is 5.82 Å². The van der Waals surface area contributed by atoms with E-state index in [1.54, 1.807) is 14.7 Å². The topological polar surface area (TPSA) is 272 Å². The summed E-state index contributed by atoms with van der Waals surface area (Å²) < 4.78 is 42.2. The van der Waals surface area contributed by atoms with Gasteiger partial charge in [-0.3, -0.25) is 24.2 Å². The lowest BCUT2D eigenvalue weighted by Crippen LogP contribution is -2.55. The Kier molecular flexibility index (Phi) is 24.9. The summed E-state index contributed by atoms with van der Waals surface area (Å²) >= 11 is 6.22. The number of amides is 3. The third-order valence-corrected chi connectivity index (χ3v) is 26.6. The quantitative estimate of drug-likeness (QED) is 0.0411. The molecular formula is C92H106ClFN20O8. The minimum atomic E-state index is -0.613. The number of nitriles is 2. The lowest BCUT2D eigenvalue weighted by Gasteiger charge is -2.42. The van der Waals surface area contributed by atoms with Gasteiger partial charge in [0, 0.05) is 174 Å². The normalized spacial score (nSPS) is 21.6. The summed E-state index contributed by atoms with van der Waals surface area (Å²) in [5, 5.41) is 34.9. The molecule has 6 saturated heterocycles. The molecule has 6 fully saturated rings. The number of phenolic OH excluding ortho intramolecular Hbond substituents is 1. The van der Waals surface area contributed by atoms with Crippen LogP contribution in [0.4, 0.5) is 38.9 Å². The van der Waals surface area contributed by atoms with Gasteiger partial charge in [-0.1, -0.05) is 98.9 Å². The van der Waals surface area contributed by atoms with Crippen molar-refractivity contribution < 1.29 is 42.8 Å². The van der Waals surface area contributed by atoms with Gasteiger partial charge in [0.2, 0.25) is 17.7 Å². The first-order valence-corrected chi connectivity index (χ1v) is 43.5. The van der Waals surface area contributed by atoms with Gasteiger partial charge in [0.15, 0.2) is 5.82 Å². The highest BCUT2D eigenvalue weighted by Gasteiger charge is 2.40. The first-order chi connectivity index (χ1) is 59.5. The standard InChI is InChI=1S/C92H106ClFN20O8/c1-6-83(116)106-35-37-107(38-36-106)87-72-27-34-110(81-50-67(115)49-75(93)86(81)94)56-78(72)97-90(100-87)120-44-15-31-104-43-45-119-82(57-104)71-21-22-79(70-20-13-12-19-69(70)71)108-32-25-73-76(54-108)98-92(102-88(73)111-39-41-113(84(117)7-2)63(52-111)23-28-95)122-59-66-47-62(51-105(66)9-4)61-46-60-16-10-11-18-68(60)80(48-61)109-33-26-74-77(55-109)99-91(121-58-65-17-14-30-103(65)5)101-89(74)112-40-42-114(85(118)8-3)64(53-112)24-29-96/h6-8,10-13,16,18-22,46,48-50,62-66,82,115H,1-3,9,14-15,17,23-27,30-45,47,51-59H2,4-5H3/t62?,63?,64-,65-,66-,82?/m0/s1. The highest BCUT2D eigenvalue weighted by Crippen LogP contribution is 2.44. The molecule has 8 aromatic rings. The molecule has 0 aliphatic carbocycles. The fourth-order valence-corrected chi connectivity index (χ4v) is 20.0. The van der Waals surface area contributed by atoms with E-state index in [0.29, 0.717) is 168 Å². The number of fused-ring (bicyclic) bond motifs is 5. The second-order valence-electron chi connectivity index (χ2n) is 33.4. The fourth-order valence-electron chi connectivity index (χ4n) is 19.8. The van der Waals surface area contributed by atoms with Gasteiger partial charge in [-0.15, -0.1) is 0 Å². The Morgan fingerprint density at radius 3 is 1.73 bits per heavy atom. The number of benzene rings is 5. The van der Waals surface area contributed by atoms with Crippen molar-refractivity contribution in [2.24, 2.45) is 0 Å². The Hall–Kier alpha value is -11.5. The number of carbonyl (C=O) groups is 3. The van der Waals surface area contributed by atoms with Crippen molar-refractivity contribution in [3.8, 4) is 35.9 Å². The monoisotopic (exact) mass is 1670 g/mol. The number of halogens is 2. The molecular weight excluding hydrogens is 1570 g/mol. The molecule has 6 atom stereocenters. The molecule has 0 radical (unpaired) electrons. The van der Waals surface area contributed by atoms with Crippen molar-refractivity contribution in [2.45, 2.75) is 121 Å². The van der Waals surface area contributed by atoms with Crippen LogP contribution in [-0.2, 0) is 58.0 Å². The Bertz CT molecular complexity index is 5390. The summed E-state index contributed by atoms with van der Waals surface area (Å²) in [6.07, 6.45) is 9.66. The van der Waals surface area contributed by atoms with Gasteiger partial charge >= 0.3 is 18.0 Å². The third kappa shape index (κ3) is 17.3. The summed E-state index contributed by atoms with van der Waals surface area (Å²) in [6, 6.07) is 34.1. The number of ether oxygens (including phenoxy) is 4. The van der Waals surface area contributed by atoms with Crippen LogP contribution in [0, 0.1) is 28.5 Å². The summed E-state index contributed by atoms with van der Waals surface area (Å²) in [4.78, 5) is 95.9. The van der Waals surface area contributed by atoms with Crippen molar-refractivity contribution in [1.29, 1.82) is 10.5 Å². The largest absolute Gasteiger partial charge is 0.508 e. The highest BCUT2D eigenvalue weighted by atomic mass is 35.5. The third-order valence-electron chi connectivity index (χ3n) is 26.3. The first kappa shape index (κ1) is 82.8. The number of piperazine rings is 3. The minimum absolute atomic E-state index is 0.0338. The Labute approximate surface area is 716 Å². The molecule has 3 amide bonds. The van der Waals surface area contributed by atoms with Crippen LogP contribution >= 0.6 is 11.6 Å². The molecule has 3 aromatic heterocycles. The summed E-state index contributed by atoms with van der Waals surface area (Å²) in [7, 11) is 2.14. The van der Waals surface area contributed by atoms with Gasteiger partial charge in [0.05, 0.1) is 104 Å². The van der Waals surface area contributed by atoms with Crippen LogP contribution in [0.25, 0.3) is 21.5 Å². The van der Waals surface area contributed by atoms with Crippen molar-refractivity contribution >= 4 is 85.4 Å². The van der Waals surface area contributed by atoms with Crippen LogP contribution in [0.3, 0.4) is 0 Å². The van der Waals surface area contributed by atoms with E-state index in [4.69, 9.17) is 60.5 Å². The first-order valence-electron chi connectivity index (χ1n) is 43.1. The Balaban J connectivity index is 0.593. The molecule has 0 spiro atoms. The van der Waals surface area contributed by atoms with Crippen LogP contribution in [0.15, 0.2) is 123 Å². The Morgan fingerprint density at radius 1 is 0.582 bits per heavy atom. The zero-order chi connectivity index (χ0) is 84.2. The lowest BCUT2D eigenvalue weighted by molar-refractivity contribution is -0.129. The molecule has 5 aromatic carbocycles. The van der Waals surface area contributed by atoms with Crippen LogP contribution in [0.5, 0.6) is 23.8 Å². The maximum Gasteiger partial charge on any atom is 0.318 e. The van der Waals surface area contributed by atoms with Crippen LogP contribution in [-0.4, -0.2) is 264 Å². The molecule has 1 N–H and O–H groups in total. The summed E-state index contributed by atoms with van der Waals surface area (Å²) in [5.74, 6) is 1.27. The molecule has 636 valence electrons. The number of phenols is 1. The number of anilines is 6. The molecule has 0 saturated carbocycles. The second kappa shape index (κ2) is 36.7. The average molecular weight is 1670 g/mol. The fraction of sp³-hybridized carbons (Fsp3) is 0.467. The number of morpholine rings is 1. The number of rotatable bonds is 25. The predicted octanol–water partition coefficient (Wildman–Crippen LogP) is 10.2. The predicted molar refractivity (Wildman–Crippen MR) is 467 cm³/mol. The number of likely N-dealkylation sites (N-methyl/N-ethyl adjacent to an activating group) is 2.